The third-order valence-corrected chi connectivity index (χ3v) is 2.33. The van der Waals surface area contributed by atoms with Crippen molar-refractivity contribution in [2.75, 3.05) is 0 Å². The first-order valence-electron chi connectivity index (χ1n) is 4.07. The molecular formula is C7H11N3O4. The highest BCUT2D eigenvalue weighted by molar-refractivity contribution is 5.76. The van der Waals surface area contributed by atoms with Gasteiger partial charge in [0.05, 0.1) is 0 Å². The molecule has 7 nitrogen and oxygen atoms in total. The molecule has 1 aromatic rings. The van der Waals surface area contributed by atoms with E-state index in [0.29, 0.717) is 4.57 Å². The zero-order valence-corrected chi connectivity index (χ0v) is 7.83. The number of aliphatic carboxylic acids is 1. The first-order valence-corrected chi connectivity index (χ1v) is 4.07. The number of H-pyrrole nitrogens is 2. The van der Waals surface area contributed by atoms with Crippen LogP contribution in [0.1, 0.15) is 20.3 Å². The SMILES string of the molecule is CCC(C)(C(=O)O)n1c(=O)[nH][nH]c1=O. The molecule has 0 aliphatic heterocycles. The van der Waals surface area contributed by atoms with Crippen LogP contribution in [-0.4, -0.2) is 25.8 Å². The van der Waals surface area contributed by atoms with Gasteiger partial charge in [0.25, 0.3) is 0 Å². The summed E-state index contributed by atoms with van der Waals surface area (Å²) in [5, 5.41) is 13.0. The maximum atomic E-state index is 11.2. The maximum Gasteiger partial charge on any atom is 0.345 e. The van der Waals surface area contributed by atoms with E-state index in [2.05, 4.69) is 0 Å². The molecule has 0 saturated carbocycles. The third-order valence-electron chi connectivity index (χ3n) is 2.33. The van der Waals surface area contributed by atoms with Gasteiger partial charge in [-0.05, 0) is 13.3 Å². The van der Waals surface area contributed by atoms with E-state index in [1.165, 1.54) is 6.92 Å². The van der Waals surface area contributed by atoms with E-state index in [-0.39, 0.29) is 6.42 Å². The Balaban J connectivity index is 3.48. The van der Waals surface area contributed by atoms with Gasteiger partial charge < -0.3 is 5.11 Å². The van der Waals surface area contributed by atoms with Crippen LogP contribution in [0.2, 0.25) is 0 Å². The van der Waals surface area contributed by atoms with E-state index in [4.69, 9.17) is 5.11 Å². The summed E-state index contributed by atoms with van der Waals surface area (Å²) in [4.78, 5) is 33.3. The second kappa shape index (κ2) is 3.17. The molecule has 0 aromatic carbocycles. The van der Waals surface area contributed by atoms with E-state index in [9.17, 15) is 14.4 Å². The number of carboxylic acid groups (broad SMARTS) is 1. The summed E-state index contributed by atoms with van der Waals surface area (Å²) in [6.07, 6.45) is 0.142. The highest BCUT2D eigenvalue weighted by Gasteiger charge is 2.36. The van der Waals surface area contributed by atoms with Gasteiger partial charge in [-0.2, -0.15) is 0 Å². The molecule has 1 unspecified atom stereocenters. The highest BCUT2D eigenvalue weighted by Crippen LogP contribution is 2.15. The van der Waals surface area contributed by atoms with Crippen LogP contribution in [-0.2, 0) is 10.3 Å². The van der Waals surface area contributed by atoms with Crippen molar-refractivity contribution < 1.29 is 9.90 Å². The Morgan fingerprint density at radius 1 is 1.43 bits per heavy atom. The first-order chi connectivity index (χ1) is 6.43. The predicted octanol–water partition coefficient (Wildman–Crippen LogP) is -0.925. The molecule has 1 heterocycles. The molecule has 0 aliphatic rings. The molecule has 1 rings (SSSR count). The van der Waals surface area contributed by atoms with Gasteiger partial charge in [-0.3, -0.25) is 0 Å². The summed E-state index contributed by atoms with van der Waals surface area (Å²) < 4.78 is 0.662. The van der Waals surface area contributed by atoms with Crippen LogP contribution < -0.4 is 11.4 Å². The molecule has 7 heteroatoms. The lowest BCUT2D eigenvalue weighted by atomic mass is 9.99. The zero-order chi connectivity index (χ0) is 10.9. The quantitative estimate of drug-likeness (QED) is 0.587. The Hall–Kier alpha value is -1.79. The van der Waals surface area contributed by atoms with Gasteiger partial charge in [0.1, 0.15) is 5.54 Å². The molecule has 0 saturated heterocycles. The van der Waals surface area contributed by atoms with Gasteiger partial charge in [-0.25, -0.2) is 29.1 Å². The number of carboxylic acids is 1. The molecule has 14 heavy (non-hydrogen) atoms. The van der Waals surface area contributed by atoms with Gasteiger partial charge >= 0.3 is 17.3 Å². The van der Waals surface area contributed by atoms with Crippen molar-refractivity contribution in [3.8, 4) is 0 Å². The summed E-state index contributed by atoms with van der Waals surface area (Å²) in [5.41, 5.74) is -3.01. The Kier molecular flexibility index (Phi) is 2.33. The largest absolute Gasteiger partial charge is 0.479 e. The number of carbonyl (C=O) groups is 1. The van der Waals surface area contributed by atoms with Crippen LogP contribution >= 0.6 is 0 Å². The van der Waals surface area contributed by atoms with Crippen molar-refractivity contribution >= 4 is 5.97 Å². The lowest BCUT2D eigenvalue weighted by Gasteiger charge is -2.21. The molecule has 0 bridgehead atoms. The Morgan fingerprint density at radius 3 is 2.14 bits per heavy atom. The normalized spacial score (nSPS) is 15.0. The molecule has 0 spiro atoms. The average Bonchev–Trinajstić information content (AvgIpc) is 2.45. The summed E-state index contributed by atoms with van der Waals surface area (Å²) in [7, 11) is 0. The van der Waals surface area contributed by atoms with Gasteiger partial charge in [-0.1, -0.05) is 6.92 Å². The molecule has 0 amide bonds. The summed E-state index contributed by atoms with van der Waals surface area (Å²) >= 11 is 0. The minimum atomic E-state index is -1.51. The minimum absolute atomic E-state index is 0.142. The van der Waals surface area contributed by atoms with E-state index in [0.717, 1.165) is 0 Å². The monoisotopic (exact) mass is 201 g/mol. The van der Waals surface area contributed by atoms with Crippen molar-refractivity contribution in [1.29, 1.82) is 0 Å². The second-order valence-corrected chi connectivity index (χ2v) is 3.13. The molecular weight excluding hydrogens is 190 g/mol. The molecule has 3 N–H and O–H groups in total. The number of nitrogens with one attached hydrogen (secondary N) is 2. The number of hydrogen-bond donors (Lipinski definition) is 3. The van der Waals surface area contributed by atoms with E-state index >= 15 is 0 Å². The van der Waals surface area contributed by atoms with Crippen LogP contribution in [0.4, 0.5) is 0 Å². The molecule has 0 radical (unpaired) electrons. The van der Waals surface area contributed by atoms with Crippen molar-refractivity contribution in [2.45, 2.75) is 25.8 Å². The van der Waals surface area contributed by atoms with Crippen LogP contribution in [0.15, 0.2) is 9.59 Å². The number of rotatable bonds is 3. The Bertz CT molecular complexity index is 426. The van der Waals surface area contributed by atoms with Crippen LogP contribution in [0.3, 0.4) is 0 Å². The molecule has 1 aromatic heterocycles. The molecule has 0 fully saturated rings. The molecule has 1 atom stereocenters. The summed E-state index contributed by atoms with van der Waals surface area (Å²) in [6, 6.07) is 0. The molecule has 0 aliphatic carbocycles. The number of nitrogens with zero attached hydrogens (tertiary/aromatic N) is 1. The number of aromatic amines is 2. The number of aromatic nitrogens is 3. The van der Waals surface area contributed by atoms with Gasteiger partial charge in [0, 0.05) is 0 Å². The third kappa shape index (κ3) is 1.26. The van der Waals surface area contributed by atoms with Crippen molar-refractivity contribution in [2.24, 2.45) is 0 Å². The van der Waals surface area contributed by atoms with E-state index < -0.39 is 22.9 Å². The fourth-order valence-electron chi connectivity index (χ4n) is 1.16. The minimum Gasteiger partial charge on any atom is -0.479 e. The lowest BCUT2D eigenvalue weighted by molar-refractivity contribution is -0.147. The summed E-state index contributed by atoms with van der Waals surface area (Å²) in [5.74, 6) is -1.22. The van der Waals surface area contributed by atoms with Crippen molar-refractivity contribution in [1.82, 2.24) is 14.8 Å². The van der Waals surface area contributed by atoms with Crippen LogP contribution in [0.25, 0.3) is 0 Å². The maximum absolute atomic E-state index is 11.2. The Labute approximate surface area is 78.4 Å². The topological polar surface area (TPSA) is 108 Å². The van der Waals surface area contributed by atoms with E-state index in [1.807, 2.05) is 10.2 Å². The predicted molar refractivity (Wildman–Crippen MR) is 47.2 cm³/mol. The standard InChI is InChI=1S/C7H11N3O4/c1-3-7(2,4(11)12)10-5(13)8-9-6(10)14/h3H2,1-2H3,(H,8,13)(H,9,14)(H,11,12). The van der Waals surface area contributed by atoms with Gasteiger partial charge in [0.15, 0.2) is 0 Å². The van der Waals surface area contributed by atoms with Crippen LogP contribution in [0.5, 0.6) is 0 Å². The fraction of sp³-hybridized carbons (Fsp3) is 0.571. The first kappa shape index (κ1) is 10.3. The van der Waals surface area contributed by atoms with Crippen molar-refractivity contribution in [3.05, 3.63) is 21.0 Å². The van der Waals surface area contributed by atoms with Gasteiger partial charge in [0.2, 0.25) is 0 Å². The second-order valence-electron chi connectivity index (χ2n) is 3.13. The molecule has 78 valence electrons. The van der Waals surface area contributed by atoms with Crippen molar-refractivity contribution in [3.63, 3.8) is 0 Å². The number of hydrogen-bond acceptors (Lipinski definition) is 3. The Morgan fingerprint density at radius 2 is 1.86 bits per heavy atom. The van der Waals surface area contributed by atoms with Gasteiger partial charge in [-0.15, -0.1) is 0 Å². The average molecular weight is 201 g/mol. The smallest absolute Gasteiger partial charge is 0.345 e. The van der Waals surface area contributed by atoms with Crippen LogP contribution in [0, 0.1) is 0 Å². The lowest BCUT2D eigenvalue weighted by Crippen LogP contribution is -2.48. The fourth-order valence-corrected chi connectivity index (χ4v) is 1.16. The summed E-state index contributed by atoms with van der Waals surface area (Å²) in [6.45, 7) is 2.91. The highest BCUT2D eigenvalue weighted by atomic mass is 16.4. The van der Waals surface area contributed by atoms with E-state index in [1.54, 1.807) is 6.92 Å². The zero-order valence-electron chi connectivity index (χ0n) is 7.83.